The molecule has 8 heteroatoms. The summed E-state index contributed by atoms with van der Waals surface area (Å²) in [6.45, 7) is 6.93. The lowest BCUT2D eigenvalue weighted by Gasteiger charge is -2.13. The molecule has 1 aromatic carbocycles. The molecule has 31 heavy (non-hydrogen) atoms. The summed E-state index contributed by atoms with van der Waals surface area (Å²) in [5.41, 5.74) is 3.86. The van der Waals surface area contributed by atoms with E-state index in [1.165, 1.54) is 12.1 Å². The van der Waals surface area contributed by atoms with Crippen LogP contribution >= 0.6 is 0 Å². The molecule has 0 fully saturated rings. The molecule has 0 bridgehead atoms. The van der Waals surface area contributed by atoms with Crippen molar-refractivity contribution in [3.8, 4) is 5.82 Å². The maximum atomic E-state index is 13.5. The van der Waals surface area contributed by atoms with Gasteiger partial charge in [-0.1, -0.05) is 13.8 Å². The van der Waals surface area contributed by atoms with E-state index in [4.69, 9.17) is 4.98 Å². The molecule has 0 unspecified atom stereocenters. The highest BCUT2D eigenvalue weighted by Gasteiger charge is 2.15. The molecule has 5 aromatic rings. The third-order valence-electron chi connectivity index (χ3n) is 5.59. The Bertz CT molecular complexity index is 1380. The Hall–Kier alpha value is -3.68. The first-order chi connectivity index (χ1) is 15.0. The van der Waals surface area contributed by atoms with Crippen molar-refractivity contribution >= 4 is 22.4 Å². The smallest absolute Gasteiger partial charge is 0.180 e. The zero-order valence-electron chi connectivity index (χ0n) is 17.7. The van der Waals surface area contributed by atoms with Crippen LogP contribution in [0.25, 0.3) is 22.4 Å². The van der Waals surface area contributed by atoms with Gasteiger partial charge in [0.25, 0.3) is 0 Å². The van der Waals surface area contributed by atoms with Gasteiger partial charge in [-0.15, -0.1) is 0 Å². The van der Waals surface area contributed by atoms with Crippen LogP contribution in [0.15, 0.2) is 49.2 Å². The second-order valence-corrected chi connectivity index (χ2v) is 8.00. The highest BCUT2D eigenvalue weighted by atomic mass is 19.1. The fourth-order valence-electron chi connectivity index (χ4n) is 3.96. The summed E-state index contributed by atoms with van der Waals surface area (Å²) in [4.78, 5) is 16.9. The van der Waals surface area contributed by atoms with E-state index in [-0.39, 0.29) is 5.82 Å². The number of H-pyrrole nitrogens is 1. The van der Waals surface area contributed by atoms with Gasteiger partial charge < -0.3 is 10.3 Å². The van der Waals surface area contributed by atoms with Crippen molar-refractivity contribution in [2.45, 2.75) is 33.1 Å². The number of hydrogen-bond acceptors (Lipinski definition) is 4. The SMILES string of the molecule is Cc1nccn1-c1cn2c(C(C)C)cnc2c(NCCc2c[nH]c3cc(F)ccc23)n1. The van der Waals surface area contributed by atoms with E-state index in [9.17, 15) is 4.39 Å². The second kappa shape index (κ2) is 7.54. The number of aryl methyl sites for hydroxylation is 1. The van der Waals surface area contributed by atoms with Gasteiger partial charge in [0, 0.05) is 47.9 Å². The quantitative estimate of drug-likeness (QED) is 0.423. The normalized spacial score (nSPS) is 11.8. The number of benzene rings is 1. The zero-order valence-corrected chi connectivity index (χ0v) is 17.7. The maximum absolute atomic E-state index is 13.5. The van der Waals surface area contributed by atoms with Crippen LogP contribution in [-0.2, 0) is 6.42 Å². The molecule has 5 rings (SSSR count). The molecule has 4 heterocycles. The number of hydrogen-bond donors (Lipinski definition) is 2. The highest BCUT2D eigenvalue weighted by molar-refractivity contribution is 5.83. The van der Waals surface area contributed by atoms with Crippen LogP contribution < -0.4 is 5.32 Å². The number of rotatable bonds is 6. The molecular weight excluding hydrogens is 393 g/mol. The van der Waals surface area contributed by atoms with E-state index in [1.807, 2.05) is 42.3 Å². The van der Waals surface area contributed by atoms with Gasteiger partial charge in [-0.25, -0.2) is 19.3 Å². The Morgan fingerprint density at radius 1 is 1.23 bits per heavy atom. The first-order valence-corrected chi connectivity index (χ1v) is 10.4. The molecule has 0 saturated carbocycles. The minimum atomic E-state index is -0.238. The Labute approximate surface area is 179 Å². The van der Waals surface area contributed by atoms with Crippen LogP contribution in [-0.4, -0.2) is 35.4 Å². The summed E-state index contributed by atoms with van der Waals surface area (Å²) in [5.74, 6) is 2.47. The van der Waals surface area contributed by atoms with Gasteiger partial charge in [0.05, 0.1) is 6.20 Å². The Balaban J connectivity index is 1.47. The van der Waals surface area contributed by atoms with Gasteiger partial charge in [0.15, 0.2) is 17.3 Å². The second-order valence-electron chi connectivity index (χ2n) is 8.00. The maximum Gasteiger partial charge on any atom is 0.180 e. The number of aromatic nitrogens is 6. The summed E-state index contributed by atoms with van der Waals surface area (Å²) in [5, 5.41) is 4.49. The first kappa shape index (κ1) is 19.3. The molecule has 4 aromatic heterocycles. The number of nitrogens with one attached hydrogen (secondary N) is 2. The number of nitrogens with zero attached hydrogens (tertiary/aromatic N) is 5. The number of imidazole rings is 2. The summed E-state index contributed by atoms with van der Waals surface area (Å²) in [6, 6.07) is 4.83. The van der Waals surface area contributed by atoms with E-state index in [0.717, 1.165) is 51.7 Å². The predicted molar refractivity (Wildman–Crippen MR) is 119 cm³/mol. The number of anilines is 1. The Morgan fingerprint density at radius 3 is 2.87 bits per heavy atom. The lowest BCUT2D eigenvalue weighted by Crippen LogP contribution is -2.11. The van der Waals surface area contributed by atoms with Crippen molar-refractivity contribution in [1.29, 1.82) is 0 Å². The number of halogens is 1. The molecule has 2 N–H and O–H groups in total. The molecule has 0 radical (unpaired) electrons. The van der Waals surface area contributed by atoms with Gasteiger partial charge in [0.1, 0.15) is 11.6 Å². The molecule has 0 atom stereocenters. The van der Waals surface area contributed by atoms with E-state index in [1.54, 1.807) is 6.20 Å². The fourth-order valence-corrected chi connectivity index (χ4v) is 3.96. The van der Waals surface area contributed by atoms with Crippen molar-refractivity contribution in [1.82, 2.24) is 28.9 Å². The number of aromatic amines is 1. The van der Waals surface area contributed by atoms with Crippen LogP contribution in [0.1, 0.15) is 36.8 Å². The topological polar surface area (TPSA) is 75.8 Å². The summed E-state index contributed by atoms with van der Waals surface area (Å²) < 4.78 is 17.5. The fraction of sp³-hybridized carbons (Fsp3) is 0.261. The van der Waals surface area contributed by atoms with Crippen LogP contribution in [0.5, 0.6) is 0 Å². The van der Waals surface area contributed by atoms with Crippen LogP contribution in [0.3, 0.4) is 0 Å². The van der Waals surface area contributed by atoms with Crippen LogP contribution in [0.2, 0.25) is 0 Å². The summed E-state index contributed by atoms with van der Waals surface area (Å²) in [7, 11) is 0. The van der Waals surface area contributed by atoms with Crippen molar-refractivity contribution in [3.05, 3.63) is 72.1 Å². The van der Waals surface area contributed by atoms with Crippen LogP contribution in [0.4, 0.5) is 10.2 Å². The molecular formula is C23H24FN7. The molecule has 0 aliphatic carbocycles. The van der Waals surface area contributed by atoms with E-state index in [2.05, 4.69) is 38.5 Å². The first-order valence-electron chi connectivity index (χ1n) is 10.4. The van der Waals surface area contributed by atoms with Gasteiger partial charge in [-0.05, 0) is 43.0 Å². The standard InChI is InChI=1S/C23H24FN7/c1-14(2)20-12-28-23-22(29-21(13-31(20)23)30-9-8-25-15(30)3)26-7-6-16-11-27-19-10-17(24)4-5-18(16)19/h4-5,8-14,27H,6-7H2,1-3H3,(H,26,29). The van der Waals surface area contributed by atoms with Gasteiger partial charge >= 0.3 is 0 Å². The molecule has 0 amide bonds. The van der Waals surface area contributed by atoms with E-state index < -0.39 is 0 Å². The lowest BCUT2D eigenvalue weighted by atomic mass is 10.1. The summed E-state index contributed by atoms with van der Waals surface area (Å²) in [6.07, 6.45) is 10.3. The molecule has 158 valence electrons. The number of fused-ring (bicyclic) bond motifs is 2. The average Bonchev–Trinajstić information content (AvgIpc) is 3.45. The van der Waals surface area contributed by atoms with Crippen molar-refractivity contribution in [2.75, 3.05) is 11.9 Å². The zero-order chi connectivity index (χ0) is 21.5. The van der Waals surface area contributed by atoms with Crippen LogP contribution in [0, 0.1) is 12.7 Å². The molecule has 0 aliphatic heterocycles. The van der Waals surface area contributed by atoms with Crippen molar-refractivity contribution in [2.24, 2.45) is 0 Å². The monoisotopic (exact) mass is 417 g/mol. The highest BCUT2D eigenvalue weighted by Crippen LogP contribution is 2.24. The Kier molecular flexibility index (Phi) is 4.69. The molecule has 7 nitrogen and oxygen atoms in total. The molecule has 0 spiro atoms. The van der Waals surface area contributed by atoms with Gasteiger partial charge in [0.2, 0.25) is 0 Å². The van der Waals surface area contributed by atoms with Gasteiger partial charge in [-0.3, -0.25) is 8.97 Å². The average molecular weight is 417 g/mol. The minimum Gasteiger partial charge on any atom is -0.367 e. The third-order valence-corrected chi connectivity index (χ3v) is 5.59. The molecule has 0 aliphatic rings. The predicted octanol–water partition coefficient (Wildman–Crippen LogP) is 4.62. The largest absolute Gasteiger partial charge is 0.367 e. The lowest BCUT2D eigenvalue weighted by molar-refractivity contribution is 0.629. The minimum absolute atomic E-state index is 0.238. The van der Waals surface area contributed by atoms with Crippen molar-refractivity contribution < 1.29 is 4.39 Å². The summed E-state index contributed by atoms with van der Waals surface area (Å²) >= 11 is 0. The Morgan fingerprint density at radius 2 is 2.10 bits per heavy atom. The van der Waals surface area contributed by atoms with Crippen molar-refractivity contribution in [3.63, 3.8) is 0 Å². The van der Waals surface area contributed by atoms with E-state index >= 15 is 0 Å². The van der Waals surface area contributed by atoms with E-state index in [0.29, 0.717) is 12.5 Å². The molecule has 0 saturated heterocycles. The van der Waals surface area contributed by atoms with Gasteiger partial charge in [-0.2, -0.15) is 0 Å². The third kappa shape index (κ3) is 3.43.